The lowest BCUT2D eigenvalue weighted by molar-refractivity contribution is 0.0656. The van der Waals surface area contributed by atoms with Crippen molar-refractivity contribution in [1.29, 1.82) is 0 Å². The van der Waals surface area contributed by atoms with Crippen LogP contribution >= 0.6 is 0 Å². The Bertz CT molecular complexity index is 198. The van der Waals surface area contributed by atoms with Gasteiger partial charge in [-0.2, -0.15) is 0 Å². The van der Waals surface area contributed by atoms with Gasteiger partial charge in [0.05, 0.1) is 0 Å². The smallest absolute Gasteiger partial charge is 0.0478 e. The van der Waals surface area contributed by atoms with Crippen LogP contribution in [0.1, 0.15) is 41.0 Å². The molecule has 16 heavy (non-hydrogen) atoms. The zero-order valence-electron chi connectivity index (χ0n) is 11.6. The van der Waals surface area contributed by atoms with Crippen LogP contribution in [0, 0.1) is 0 Å². The zero-order chi connectivity index (χ0) is 12.2. The summed E-state index contributed by atoms with van der Waals surface area (Å²) in [5, 5.41) is 3.69. The molecule has 0 bridgehead atoms. The fourth-order valence-corrected chi connectivity index (χ4v) is 2.86. The molecule has 1 fully saturated rings. The van der Waals surface area contributed by atoms with Gasteiger partial charge in [-0.3, -0.25) is 4.90 Å². The molecule has 1 aliphatic heterocycles. The third kappa shape index (κ3) is 4.81. The van der Waals surface area contributed by atoms with Crippen molar-refractivity contribution in [3.8, 4) is 0 Å². The summed E-state index contributed by atoms with van der Waals surface area (Å²) in [4.78, 5) is 2.55. The Morgan fingerprint density at radius 1 is 1.12 bits per heavy atom. The molecule has 1 saturated heterocycles. The fourth-order valence-electron chi connectivity index (χ4n) is 2.86. The Balaban J connectivity index is 2.36. The first-order valence-electron chi connectivity index (χ1n) is 6.44. The molecule has 0 atom stereocenters. The van der Waals surface area contributed by atoms with Gasteiger partial charge in [0.25, 0.3) is 0 Å². The first-order valence-corrected chi connectivity index (χ1v) is 6.44. The van der Waals surface area contributed by atoms with Gasteiger partial charge in [0, 0.05) is 43.9 Å². The van der Waals surface area contributed by atoms with E-state index >= 15 is 0 Å². The molecular formula is C13H28N2O. The first-order chi connectivity index (χ1) is 7.35. The average molecular weight is 228 g/mol. The highest BCUT2D eigenvalue weighted by Gasteiger charge is 2.35. The summed E-state index contributed by atoms with van der Waals surface area (Å²) in [6, 6.07) is 0. The molecule has 1 N–H and O–H groups in total. The molecular weight excluding hydrogens is 200 g/mol. The fraction of sp³-hybridized carbons (Fsp3) is 1.00. The van der Waals surface area contributed by atoms with Crippen molar-refractivity contribution in [3.63, 3.8) is 0 Å². The Kier molecular flexibility index (Phi) is 4.77. The van der Waals surface area contributed by atoms with E-state index in [1.165, 1.54) is 0 Å². The minimum absolute atomic E-state index is 0.216. The van der Waals surface area contributed by atoms with Crippen LogP contribution in [-0.4, -0.2) is 48.8 Å². The van der Waals surface area contributed by atoms with Crippen molar-refractivity contribution in [2.24, 2.45) is 0 Å². The van der Waals surface area contributed by atoms with Crippen molar-refractivity contribution in [2.75, 3.05) is 32.8 Å². The molecule has 0 saturated carbocycles. The van der Waals surface area contributed by atoms with Gasteiger partial charge >= 0.3 is 0 Å². The van der Waals surface area contributed by atoms with Crippen LogP contribution < -0.4 is 5.32 Å². The van der Waals surface area contributed by atoms with Crippen LogP contribution in [-0.2, 0) is 4.74 Å². The number of piperazine rings is 1. The molecule has 0 aliphatic carbocycles. The van der Waals surface area contributed by atoms with Crippen LogP contribution in [0.2, 0.25) is 0 Å². The largest absolute Gasteiger partial charge is 0.382 e. The minimum Gasteiger partial charge on any atom is -0.382 e. The molecule has 0 spiro atoms. The van der Waals surface area contributed by atoms with Crippen LogP contribution in [0.5, 0.6) is 0 Å². The summed E-state index contributed by atoms with van der Waals surface area (Å²) in [7, 11) is 0. The minimum atomic E-state index is 0.216. The second-order valence-electron chi connectivity index (χ2n) is 6.15. The number of nitrogens with zero attached hydrogens (tertiary/aromatic N) is 1. The predicted molar refractivity (Wildman–Crippen MR) is 68.8 cm³/mol. The maximum Gasteiger partial charge on any atom is 0.0478 e. The molecule has 3 nitrogen and oxygen atoms in total. The lowest BCUT2D eigenvalue weighted by Crippen LogP contribution is -2.66. The summed E-state index contributed by atoms with van der Waals surface area (Å²) < 4.78 is 5.39. The SMILES string of the molecule is CCOCCCN1CC(C)(C)NC(C)(C)C1. The van der Waals surface area contributed by atoms with Crippen LogP contribution in [0.3, 0.4) is 0 Å². The van der Waals surface area contributed by atoms with Gasteiger partial charge in [0.1, 0.15) is 0 Å². The number of rotatable bonds is 5. The predicted octanol–water partition coefficient (Wildman–Crippen LogP) is 1.88. The molecule has 0 unspecified atom stereocenters. The monoisotopic (exact) mass is 228 g/mol. The van der Waals surface area contributed by atoms with E-state index in [0.29, 0.717) is 0 Å². The van der Waals surface area contributed by atoms with Gasteiger partial charge in [0.15, 0.2) is 0 Å². The van der Waals surface area contributed by atoms with E-state index in [1.807, 2.05) is 0 Å². The van der Waals surface area contributed by atoms with Crippen molar-refractivity contribution in [1.82, 2.24) is 10.2 Å². The molecule has 1 heterocycles. The van der Waals surface area contributed by atoms with Gasteiger partial charge in [-0.05, 0) is 41.0 Å². The van der Waals surface area contributed by atoms with Crippen molar-refractivity contribution < 1.29 is 4.74 Å². The first kappa shape index (κ1) is 13.9. The maximum atomic E-state index is 5.39. The topological polar surface area (TPSA) is 24.5 Å². The van der Waals surface area contributed by atoms with Crippen molar-refractivity contribution in [2.45, 2.75) is 52.1 Å². The van der Waals surface area contributed by atoms with E-state index in [2.05, 4.69) is 44.8 Å². The zero-order valence-corrected chi connectivity index (χ0v) is 11.6. The van der Waals surface area contributed by atoms with Gasteiger partial charge in [-0.15, -0.1) is 0 Å². The summed E-state index contributed by atoms with van der Waals surface area (Å²) in [6.45, 7) is 16.3. The molecule has 0 aromatic heterocycles. The van der Waals surface area contributed by atoms with Gasteiger partial charge in [0.2, 0.25) is 0 Å². The van der Waals surface area contributed by atoms with E-state index in [0.717, 1.165) is 39.3 Å². The van der Waals surface area contributed by atoms with Crippen LogP contribution in [0.4, 0.5) is 0 Å². The normalized spacial score (nSPS) is 24.6. The number of ether oxygens (including phenoxy) is 1. The lowest BCUT2D eigenvalue weighted by atomic mass is 9.91. The quantitative estimate of drug-likeness (QED) is 0.727. The third-order valence-electron chi connectivity index (χ3n) is 2.88. The Morgan fingerprint density at radius 3 is 2.19 bits per heavy atom. The third-order valence-corrected chi connectivity index (χ3v) is 2.88. The molecule has 1 aliphatic rings. The number of hydrogen-bond donors (Lipinski definition) is 1. The van der Waals surface area contributed by atoms with E-state index in [4.69, 9.17) is 4.74 Å². The molecule has 0 amide bonds. The summed E-state index contributed by atoms with van der Waals surface area (Å²) in [5.41, 5.74) is 0.431. The summed E-state index contributed by atoms with van der Waals surface area (Å²) in [6.07, 6.45) is 1.14. The second kappa shape index (κ2) is 5.48. The molecule has 0 aromatic carbocycles. The van der Waals surface area contributed by atoms with E-state index < -0.39 is 0 Å². The Hall–Kier alpha value is -0.120. The van der Waals surface area contributed by atoms with Gasteiger partial charge in [-0.25, -0.2) is 0 Å². The highest BCUT2D eigenvalue weighted by atomic mass is 16.5. The lowest BCUT2D eigenvalue weighted by Gasteiger charge is -2.48. The summed E-state index contributed by atoms with van der Waals surface area (Å²) in [5.74, 6) is 0. The maximum absolute atomic E-state index is 5.39. The molecule has 3 heteroatoms. The van der Waals surface area contributed by atoms with Crippen molar-refractivity contribution >= 4 is 0 Å². The number of nitrogens with one attached hydrogen (secondary N) is 1. The Labute approximate surface area is 101 Å². The summed E-state index contributed by atoms with van der Waals surface area (Å²) >= 11 is 0. The van der Waals surface area contributed by atoms with Crippen LogP contribution in [0.25, 0.3) is 0 Å². The molecule has 96 valence electrons. The van der Waals surface area contributed by atoms with E-state index in [9.17, 15) is 0 Å². The average Bonchev–Trinajstić information content (AvgIpc) is 2.07. The Morgan fingerprint density at radius 2 is 1.69 bits per heavy atom. The van der Waals surface area contributed by atoms with Gasteiger partial charge in [-0.1, -0.05) is 0 Å². The molecule has 0 radical (unpaired) electrons. The molecule has 0 aromatic rings. The number of hydrogen-bond acceptors (Lipinski definition) is 3. The second-order valence-corrected chi connectivity index (χ2v) is 6.15. The van der Waals surface area contributed by atoms with Crippen molar-refractivity contribution in [3.05, 3.63) is 0 Å². The molecule has 1 rings (SSSR count). The van der Waals surface area contributed by atoms with E-state index in [-0.39, 0.29) is 11.1 Å². The van der Waals surface area contributed by atoms with Gasteiger partial charge < -0.3 is 10.1 Å². The highest BCUT2D eigenvalue weighted by molar-refractivity contribution is 4.97. The van der Waals surface area contributed by atoms with Crippen LogP contribution in [0.15, 0.2) is 0 Å². The standard InChI is InChI=1S/C13H28N2O/c1-6-16-9-7-8-15-10-12(2,3)14-13(4,5)11-15/h14H,6-11H2,1-5H3. The highest BCUT2D eigenvalue weighted by Crippen LogP contribution is 2.20. The van der Waals surface area contributed by atoms with E-state index in [1.54, 1.807) is 0 Å².